The van der Waals surface area contributed by atoms with Gasteiger partial charge in [0.2, 0.25) is 0 Å². The quantitative estimate of drug-likeness (QED) is 0.816. The maximum absolute atomic E-state index is 8.91. The number of rotatable bonds is 7. The summed E-state index contributed by atoms with van der Waals surface area (Å²) < 4.78 is 0. The average molecular weight is 261 g/mol. The van der Waals surface area contributed by atoms with Gasteiger partial charge in [0.05, 0.1) is 12.0 Å². The van der Waals surface area contributed by atoms with E-state index in [1.807, 2.05) is 18.9 Å². The van der Waals surface area contributed by atoms with E-state index in [-0.39, 0.29) is 5.92 Å². The fraction of sp³-hybridized carbons (Fsp3) is 0.643. The van der Waals surface area contributed by atoms with Crippen molar-refractivity contribution in [3.8, 4) is 6.07 Å². The zero-order valence-electron chi connectivity index (χ0n) is 12.3. The van der Waals surface area contributed by atoms with Crippen molar-refractivity contribution in [3.63, 3.8) is 0 Å². The molecule has 0 amide bonds. The van der Waals surface area contributed by atoms with Crippen LogP contribution in [0.25, 0.3) is 0 Å². The van der Waals surface area contributed by atoms with E-state index >= 15 is 0 Å². The van der Waals surface area contributed by atoms with Crippen molar-refractivity contribution in [2.45, 2.75) is 33.6 Å². The van der Waals surface area contributed by atoms with Crippen molar-refractivity contribution in [1.82, 2.24) is 9.97 Å². The Hall–Kier alpha value is -1.83. The molecule has 104 valence electrons. The second kappa shape index (κ2) is 7.57. The molecule has 0 aromatic carbocycles. The van der Waals surface area contributed by atoms with Crippen LogP contribution in [0.15, 0.2) is 6.33 Å². The number of nitriles is 1. The lowest BCUT2D eigenvalue weighted by Gasteiger charge is -2.23. The standard InChI is InChI=1S/C14H23N5/c1-5-7-16-13-12(6-2)14(18-10-17-13)19(4)9-11(3)8-15/h10-11H,5-7,9H2,1-4H3,(H,16,17,18). The molecule has 1 rings (SSSR count). The number of anilines is 2. The largest absolute Gasteiger partial charge is 0.370 e. The van der Waals surface area contributed by atoms with Gasteiger partial charge in [-0.2, -0.15) is 5.26 Å². The third kappa shape index (κ3) is 4.09. The Morgan fingerprint density at radius 1 is 1.42 bits per heavy atom. The molecule has 0 saturated heterocycles. The molecule has 1 unspecified atom stereocenters. The van der Waals surface area contributed by atoms with Crippen molar-refractivity contribution >= 4 is 11.6 Å². The predicted octanol–water partition coefficient (Wildman–Crippen LogP) is 2.46. The van der Waals surface area contributed by atoms with Gasteiger partial charge in [-0.05, 0) is 19.8 Å². The Labute approximate surface area is 115 Å². The molecule has 0 saturated carbocycles. The molecule has 1 N–H and O–H groups in total. The number of nitrogens with one attached hydrogen (secondary N) is 1. The highest BCUT2D eigenvalue weighted by molar-refractivity contribution is 5.58. The molecule has 1 aromatic rings. The fourth-order valence-corrected chi connectivity index (χ4v) is 1.99. The van der Waals surface area contributed by atoms with Crippen LogP contribution in [-0.2, 0) is 6.42 Å². The van der Waals surface area contributed by atoms with Gasteiger partial charge in [-0.15, -0.1) is 0 Å². The summed E-state index contributed by atoms with van der Waals surface area (Å²) in [5.41, 5.74) is 1.11. The topological polar surface area (TPSA) is 64.8 Å². The van der Waals surface area contributed by atoms with Gasteiger partial charge in [-0.25, -0.2) is 9.97 Å². The van der Waals surface area contributed by atoms with Gasteiger partial charge in [0.15, 0.2) is 0 Å². The zero-order chi connectivity index (χ0) is 14.3. The van der Waals surface area contributed by atoms with Gasteiger partial charge in [-0.3, -0.25) is 0 Å². The van der Waals surface area contributed by atoms with Crippen LogP contribution in [-0.4, -0.2) is 30.1 Å². The van der Waals surface area contributed by atoms with Crippen molar-refractivity contribution in [1.29, 1.82) is 5.26 Å². The van der Waals surface area contributed by atoms with Crippen molar-refractivity contribution in [2.24, 2.45) is 5.92 Å². The molecule has 1 atom stereocenters. The lowest BCUT2D eigenvalue weighted by molar-refractivity contribution is 0.706. The first-order chi connectivity index (χ1) is 9.13. The highest BCUT2D eigenvalue weighted by Gasteiger charge is 2.14. The second-order valence-electron chi connectivity index (χ2n) is 4.72. The number of aromatic nitrogens is 2. The first kappa shape index (κ1) is 15.2. The normalized spacial score (nSPS) is 11.7. The summed E-state index contributed by atoms with van der Waals surface area (Å²) in [7, 11) is 1.97. The molecule has 5 heteroatoms. The molecular weight excluding hydrogens is 238 g/mol. The molecule has 5 nitrogen and oxygen atoms in total. The SMILES string of the molecule is CCCNc1ncnc(N(C)CC(C)C#N)c1CC. The molecule has 0 spiro atoms. The maximum Gasteiger partial charge on any atom is 0.137 e. The molecule has 19 heavy (non-hydrogen) atoms. The van der Waals surface area contributed by atoms with E-state index in [1.54, 1.807) is 6.33 Å². The van der Waals surface area contributed by atoms with E-state index in [0.717, 1.165) is 36.6 Å². The van der Waals surface area contributed by atoms with Crippen LogP contribution in [0, 0.1) is 17.2 Å². The first-order valence-electron chi connectivity index (χ1n) is 6.82. The molecule has 1 heterocycles. The van der Waals surface area contributed by atoms with E-state index in [2.05, 4.69) is 35.2 Å². The summed E-state index contributed by atoms with van der Waals surface area (Å²) in [5.74, 6) is 1.81. The Kier molecular flexibility index (Phi) is 6.07. The maximum atomic E-state index is 8.91. The Bertz CT molecular complexity index is 438. The van der Waals surface area contributed by atoms with Crippen molar-refractivity contribution in [2.75, 3.05) is 30.4 Å². The summed E-state index contributed by atoms with van der Waals surface area (Å²) in [6.45, 7) is 7.72. The zero-order valence-corrected chi connectivity index (χ0v) is 12.3. The molecule has 0 fully saturated rings. The average Bonchev–Trinajstić information content (AvgIpc) is 2.44. The third-order valence-electron chi connectivity index (χ3n) is 2.95. The summed E-state index contributed by atoms with van der Waals surface area (Å²) in [6, 6.07) is 2.25. The van der Waals surface area contributed by atoms with E-state index in [0.29, 0.717) is 6.54 Å². The van der Waals surface area contributed by atoms with Crippen LogP contribution < -0.4 is 10.2 Å². The van der Waals surface area contributed by atoms with E-state index in [4.69, 9.17) is 5.26 Å². The van der Waals surface area contributed by atoms with Crippen LogP contribution >= 0.6 is 0 Å². The number of hydrogen-bond donors (Lipinski definition) is 1. The van der Waals surface area contributed by atoms with Gasteiger partial charge in [-0.1, -0.05) is 13.8 Å². The molecule has 0 aliphatic rings. The van der Waals surface area contributed by atoms with Gasteiger partial charge in [0, 0.05) is 25.7 Å². The van der Waals surface area contributed by atoms with Crippen LogP contribution in [0.5, 0.6) is 0 Å². The van der Waals surface area contributed by atoms with Crippen molar-refractivity contribution in [3.05, 3.63) is 11.9 Å². The Morgan fingerprint density at radius 2 is 2.16 bits per heavy atom. The summed E-state index contributed by atoms with van der Waals surface area (Å²) >= 11 is 0. The fourth-order valence-electron chi connectivity index (χ4n) is 1.99. The minimum atomic E-state index is -0.0169. The molecule has 0 radical (unpaired) electrons. The predicted molar refractivity (Wildman–Crippen MR) is 78.2 cm³/mol. The summed E-state index contributed by atoms with van der Waals surface area (Å²) in [6.07, 6.45) is 3.51. The van der Waals surface area contributed by atoms with E-state index in [1.165, 1.54) is 0 Å². The van der Waals surface area contributed by atoms with E-state index < -0.39 is 0 Å². The minimum absolute atomic E-state index is 0.0169. The van der Waals surface area contributed by atoms with Crippen LogP contribution in [0.3, 0.4) is 0 Å². The van der Waals surface area contributed by atoms with Gasteiger partial charge in [0.25, 0.3) is 0 Å². The minimum Gasteiger partial charge on any atom is -0.370 e. The molecule has 0 aliphatic carbocycles. The number of nitrogens with zero attached hydrogens (tertiary/aromatic N) is 4. The van der Waals surface area contributed by atoms with Crippen LogP contribution in [0.4, 0.5) is 11.6 Å². The molecular formula is C14H23N5. The highest BCUT2D eigenvalue weighted by Crippen LogP contribution is 2.23. The van der Waals surface area contributed by atoms with Gasteiger partial charge in [0.1, 0.15) is 18.0 Å². The monoisotopic (exact) mass is 261 g/mol. The summed E-state index contributed by atoms with van der Waals surface area (Å²) in [4.78, 5) is 10.7. The van der Waals surface area contributed by atoms with Crippen LogP contribution in [0.1, 0.15) is 32.8 Å². The van der Waals surface area contributed by atoms with Gasteiger partial charge >= 0.3 is 0 Å². The molecule has 1 aromatic heterocycles. The lowest BCUT2D eigenvalue weighted by atomic mass is 10.1. The van der Waals surface area contributed by atoms with Gasteiger partial charge < -0.3 is 10.2 Å². The van der Waals surface area contributed by atoms with Crippen LogP contribution in [0.2, 0.25) is 0 Å². The lowest BCUT2D eigenvalue weighted by Crippen LogP contribution is -2.26. The Balaban J connectivity index is 2.96. The molecule has 0 aliphatic heterocycles. The smallest absolute Gasteiger partial charge is 0.137 e. The Morgan fingerprint density at radius 3 is 2.74 bits per heavy atom. The van der Waals surface area contributed by atoms with Crippen molar-refractivity contribution < 1.29 is 0 Å². The second-order valence-corrected chi connectivity index (χ2v) is 4.72. The first-order valence-corrected chi connectivity index (χ1v) is 6.82. The molecule has 0 bridgehead atoms. The van der Waals surface area contributed by atoms with E-state index in [9.17, 15) is 0 Å². The third-order valence-corrected chi connectivity index (χ3v) is 2.95. The highest BCUT2D eigenvalue weighted by atomic mass is 15.2. The number of hydrogen-bond acceptors (Lipinski definition) is 5. The summed E-state index contributed by atoms with van der Waals surface area (Å²) in [5, 5.41) is 12.2.